The van der Waals surface area contributed by atoms with Gasteiger partial charge in [-0.05, 0) is 45.5 Å². The second-order valence-corrected chi connectivity index (χ2v) is 6.70. The minimum absolute atomic E-state index is 0.209. The number of aromatic nitrogens is 3. The molecule has 2 aromatic rings. The van der Waals surface area contributed by atoms with E-state index in [2.05, 4.69) is 39.6 Å². The van der Waals surface area contributed by atoms with Gasteiger partial charge >= 0.3 is 0 Å². The molecule has 3 rings (SSSR count). The number of alkyl halides is 1. The number of pyridine rings is 1. The molecular formula is C16H23ClN4. The maximum absolute atomic E-state index is 6.13. The normalized spacial score (nSPS) is 18.0. The molecule has 2 heterocycles. The summed E-state index contributed by atoms with van der Waals surface area (Å²) >= 11 is 6.13. The monoisotopic (exact) mass is 306 g/mol. The molecule has 21 heavy (non-hydrogen) atoms. The molecule has 0 saturated heterocycles. The maximum Gasteiger partial charge on any atom is 0.160 e. The maximum atomic E-state index is 6.13. The Morgan fingerprint density at radius 3 is 2.67 bits per heavy atom. The van der Waals surface area contributed by atoms with E-state index in [-0.39, 0.29) is 5.54 Å². The molecule has 0 amide bonds. The van der Waals surface area contributed by atoms with Crippen molar-refractivity contribution < 1.29 is 0 Å². The van der Waals surface area contributed by atoms with E-state index in [1.54, 1.807) is 0 Å². The molecule has 0 spiro atoms. The first-order valence-corrected chi connectivity index (χ1v) is 8.14. The van der Waals surface area contributed by atoms with Gasteiger partial charge in [-0.1, -0.05) is 12.8 Å². The highest BCUT2D eigenvalue weighted by Crippen LogP contribution is 2.36. The van der Waals surface area contributed by atoms with Crippen molar-refractivity contribution in [1.82, 2.24) is 19.4 Å². The van der Waals surface area contributed by atoms with E-state index in [1.807, 2.05) is 13.1 Å². The van der Waals surface area contributed by atoms with Crippen molar-refractivity contribution in [3.05, 3.63) is 23.7 Å². The van der Waals surface area contributed by atoms with Crippen molar-refractivity contribution in [3.63, 3.8) is 0 Å². The number of nitrogens with zero attached hydrogens (tertiary/aromatic N) is 4. The van der Waals surface area contributed by atoms with Crippen LogP contribution in [-0.2, 0) is 12.4 Å². The Balaban J connectivity index is 2.06. The average Bonchev–Trinajstić information content (AvgIpc) is 3.05. The van der Waals surface area contributed by atoms with E-state index in [4.69, 9.17) is 11.6 Å². The summed E-state index contributed by atoms with van der Waals surface area (Å²) in [5.41, 5.74) is 3.26. The minimum atomic E-state index is 0.209. The lowest BCUT2D eigenvalue weighted by Crippen LogP contribution is -2.45. The summed E-state index contributed by atoms with van der Waals surface area (Å²) < 4.78 is 2.23. The summed E-state index contributed by atoms with van der Waals surface area (Å²) in [5.74, 6) is 1.36. The summed E-state index contributed by atoms with van der Waals surface area (Å²) in [5, 5.41) is 0. The van der Waals surface area contributed by atoms with E-state index in [9.17, 15) is 0 Å². The number of hydrogen-bond acceptors (Lipinski definition) is 3. The van der Waals surface area contributed by atoms with Crippen LogP contribution in [-0.4, -0.2) is 39.1 Å². The van der Waals surface area contributed by atoms with E-state index >= 15 is 0 Å². The molecule has 1 fully saturated rings. The predicted octanol–water partition coefficient (Wildman–Crippen LogP) is 3.35. The summed E-state index contributed by atoms with van der Waals surface area (Å²) in [6, 6.07) is 2.09. The largest absolute Gasteiger partial charge is 0.310 e. The number of fused-ring (bicyclic) bond motifs is 1. The van der Waals surface area contributed by atoms with Crippen LogP contribution in [0.25, 0.3) is 11.2 Å². The first kappa shape index (κ1) is 14.8. The van der Waals surface area contributed by atoms with Crippen LogP contribution in [0, 0.1) is 6.92 Å². The van der Waals surface area contributed by atoms with Crippen molar-refractivity contribution in [2.24, 2.45) is 0 Å². The zero-order valence-electron chi connectivity index (χ0n) is 13.1. The van der Waals surface area contributed by atoms with Gasteiger partial charge in [-0.2, -0.15) is 0 Å². The van der Waals surface area contributed by atoms with Crippen LogP contribution < -0.4 is 0 Å². The fourth-order valence-corrected chi connectivity index (χ4v) is 3.70. The lowest BCUT2D eigenvalue weighted by Gasteiger charge is -2.37. The fourth-order valence-electron chi connectivity index (χ4n) is 3.50. The van der Waals surface area contributed by atoms with E-state index in [0.717, 1.165) is 29.1 Å². The number of rotatable bonds is 4. The molecule has 1 aliphatic rings. The van der Waals surface area contributed by atoms with Crippen LogP contribution in [0.15, 0.2) is 12.3 Å². The topological polar surface area (TPSA) is 34.0 Å². The number of likely N-dealkylation sites (N-methyl/N-ethyl adjacent to an activating group) is 1. The van der Waals surface area contributed by atoms with Gasteiger partial charge in [0.25, 0.3) is 0 Å². The molecule has 0 N–H and O–H groups in total. The van der Waals surface area contributed by atoms with Crippen LogP contribution in [0.2, 0.25) is 0 Å². The lowest BCUT2D eigenvalue weighted by molar-refractivity contribution is 0.134. The van der Waals surface area contributed by atoms with Gasteiger partial charge in [-0.3, -0.25) is 0 Å². The Morgan fingerprint density at radius 2 is 2.05 bits per heavy atom. The fraction of sp³-hybridized carbons (Fsp3) is 0.625. The van der Waals surface area contributed by atoms with Crippen LogP contribution in [0.4, 0.5) is 0 Å². The van der Waals surface area contributed by atoms with Gasteiger partial charge in [-0.15, -0.1) is 11.6 Å². The molecule has 114 valence electrons. The zero-order chi connectivity index (χ0) is 15.0. The van der Waals surface area contributed by atoms with E-state index < -0.39 is 0 Å². The molecule has 1 aliphatic carbocycles. The molecular weight excluding hydrogens is 284 g/mol. The average molecular weight is 307 g/mol. The molecule has 1 saturated carbocycles. The third-order valence-corrected chi connectivity index (χ3v) is 5.09. The van der Waals surface area contributed by atoms with Crippen molar-refractivity contribution in [1.29, 1.82) is 0 Å². The molecule has 2 aromatic heterocycles. The summed E-state index contributed by atoms with van der Waals surface area (Å²) in [4.78, 5) is 11.7. The lowest BCUT2D eigenvalue weighted by atomic mass is 9.96. The molecule has 0 atom stereocenters. The van der Waals surface area contributed by atoms with E-state index in [0.29, 0.717) is 5.88 Å². The van der Waals surface area contributed by atoms with Gasteiger partial charge in [0.05, 0.1) is 5.88 Å². The Labute approximate surface area is 131 Å². The van der Waals surface area contributed by atoms with Gasteiger partial charge in [0.1, 0.15) is 11.3 Å². The number of aryl methyl sites for hydroxylation is 1. The van der Waals surface area contributed by atoms with Crippen LogP contribution in [0.1, 0.15) is 37.1 Å². The van der Waals surface area contributed by atoms with Gasteiger partial charge in [0, 0.05) is 18.3 Å². The number of hydrogen-bond donors (Lipinski definition) is 0. The van der Waals surface area contributed by atoms with Crippen LogP contribution in [0.5, 0.6) is 0 Å². The standard InChI is InChI=1S/C16H23ClN4/c1-12-8-13-15(18-10-12)21(14(9-17)19-13)11-16(20(2)3)6-4-5-7-16/h8,10H,4-7,9,11H2,1-3H3. The smallest absolute Gasteiger partial charge is 0.160 e. The Morgan fingerprint density at radius 1 is 1.33 bits per heavy atom. The van der Waals surface area contributed by atoms with Crippen molar-refractivity contribution in [2.75, 3.05) is 14.1 Å². The molecule has 0 bridgehead atoms. The highest BCUT2D eigenvalue weighted by molar-refractivity contribution is 6.16. The second-order valence-electron chi connectivity index (χ2n) is 6.43. The minimum Gasteiger partial charge on any atom is -0.310 e. The molecule has 0 aliphatic heterocycles. The third-order valence-electron chi connectivity index (χ3n) is 4.86. The van der Waals surface area contributed by atoms with E-state index in [1.165, 1.54) is 25.7 Å². The van der Waals surface area contributed by atoms with Crippen molar-refractivity contribution in [2.45, 2.75) is 50.6 Å². The zero-order valence-corrected chi connectivity index (χ0v) is 13.8. The third kappa shape index (κ3) is 2.55. The molecule has 0 radical (unpaired) electrons. The SMILES string of the molecule is Cc1cnc2c(c1)nc(CCl)n2CC1(N(C)C)CCCC1. The number of halogens is 1. The predicted molar refractivity (Wildman–Crippen MR) is 86.7 cm³/mol. The van der Waals surface area contributed by atoms with Crippen LogP contribution >= 0.6 is 11.6 Å². The molecule has 4 nitrogen and oxygen atoms in total. The Kier molecular flexibility index (Phi) is 3.93. The molecule has 5 heteroatoms. The summed E-state index contributed by atoms with van der Waals surface area (Å²) in [6.07, 6.45) is 6.97. The Bertz CT molecular complexity index is 641. The highest BCUT2D eigenvalue weighted by Gasteiger charge is 2.37. The first-order valence-electron chi connectivity index (χ1n) is 7.61. The van der Waals surface area contributed by atoms with Gasteiger partial charge in [0.2, 0.25) is 0 Å². The van der Waals surface area contributed by atoms with Gasteiger partial charge in [-0.25, -0.2) is 9.97 Å². The summed E-state index contributed by atoms with van der Waals surface area (Å²) in [7, 11) is 4.37. The number of imidazole rings is 1. The van der Waals surface area contributed by atoms with Crippen LogP contribution in [0.3, 0.4) is 0 Å². The van der Waals surface area contributed by atoms with Gasteiger partial charge in [0.15, 0.2) is 5.65 Å². The second kappa shape index (κ2) is 5.58. The summed E-state index contributed by atoms with van der Waals surface area (Å²) in [6.45, 7) is 2.97. The Hall–Kier alpha value is -1.13. The highest BCUT2D eigenvalue weighted by atomic mass is 35.5. The first-order chi connectivity index (χ1) is 10.1. The van der Waals surface area contributed by atoms with Crippen molar-refractivity contribution in [3.8, 4) is 0 Å². The molecule has 0 unspecified atom stereocenters. The van der Waals surface area contributed by atoms with Crippen molar-refractivity contribution >= 4 is 22.8 Å². The quantitative estimate of drug-likeness (QED) is 0.812. The van der Waals surface area contributed by atoms with Gasteiger partial charge < -0.3 is 9.47 Å². The molecule has 0 aromatic carbocycles.